The van der Waals surface area contributed by atoms with E-state index in [2.05, 4.69) is 31.4 Å². The molecule has 0 amide bonds. The molecule has 0 heterocycles. The summed E-state index contributed by atoms with van der Waals surface area (Å²) in [6.45, 7) is 9.77. The summed E-state index contributed by atoms with van der Waals surface area (Å²) in [6, 6.07) is 0. The van der Waals surface area contributed by atoms with Gasteiger partial charge >= 0.3 is 11.9 Å². The molecule has 0 saturated carbocycles. The highest BCUT2D eigenvalue weighted by atomic mass is 16.4. The Morgan fingerprint density at radius 3 is 1.56 bits per heavy atom. The smallest absolute Gasteiger partial charge is 0.304 e. The maximum Gasteiger partial charge on any atom is 0.304 e. The average Bonchev–Trinajstić information content (AvgIpc) is 2.76. The molecule has 0 fully saturated rings. The Morgan fingerprint density at radius 1 is 0.625 bits per heavy atom. The zero-order valence-electron chi connectivity index (χ0n) is 21.4. The van der Waals surface area contributed by atoms with Crippen LogP contribution < -0.4 is 10.6 Å². The molecule has 0 radical (unpaired) electrons. The Morgan fingerprint density at radius 2 is 1.09 bits per heavy atom. The summed E-state index contributed by atoms with van der Waals surface area (Å²) >= 11 is 0. The molecule has 0 aliphatic rings. The molecule has 0 aromatic heterocycles. The van der Waals surface area contributed by atoms with Crippen molar-refractivity contribution in [1.82, 2.24) is 10.6 Å². The van der Waals surface area contributed by atoms with E-state index in [1.807, 2.05) is 0 Å². The zero-order chi connectivity index (χ0) is 24.3. The summed E-state index contributed by atoms with van der Waals surface area (Å²) in [5.74, 6) is -0.728. The number of hydrogen-bond acceptors (Lipinski definition) is 4. The summed E-state index contributed by atoms with van der Waals surface area (Å²) in [5, 5.41) is 23.2. The second-order valence-corrected chi connectivity index (χ2v) is 8.84. The van der Waals surface area contributed by atoms with E-state index in [-0.39, 0.29) is 12.8 Å². The van der Waals surface area contributed by atoms with Crippen molar-refractivity contribution in [3.8, 4) is 0 Å². The number of carboxylic acids is 2. The molecule has 0 aromatic rings. The molecule has 0 aliphatic heterocycles. The molecule has 1 unspecified atom stereocenters. The van der Waals surface area contributed by atoms with Crippen molar-refractivity contribution in [2.24, 2.45) is 5.92 Å². The molecule has 6 nitrogen and oxygen atoms in total. The highest BCUT2D eigenvalue weighted by Gasteiger charge is 2.05. The van der Waals surface area contributed by atoms with Crippen molar-refractivity contribution < 1.29 is 19.8 Å². The Balaban J connectivity index is 0. The number of nitrogens with one attached hydrogen (secondary N) is 2. The van der Waals surface area contributed by atoms with Crippen LogP contribution in [0.5, 0.6) is 0 Å². The molecule has 32 heavy (non-hydrogen) atoms. The first-order valence-electron chi connectivity index (χ1n) is 13.3. The summed E-state index contributed by atoms with van der Waals surface area (Å²) in [7, 11) is 0. The minimum Gasteiger partial charge on any atom is -0.481 e. The second-order valence-electron chi connectivity index (χ2n) is 8.84. The van der Waals surface area contributed by atoms with Gasteiger partial charge in [-0.25, -0.2) is 0 Å². The van der Waals surface area contributed by atoms with Crippen LogP contribution in [0, 0.1) is 5.92 Å². The lowest BCUT2D eigenvalue weighted by Crippen LogP contribution is -2.25. The Labute approximate surface area is 198 Å². The molecular formula is C26H54N2O4. The van der Waals surface area contributed by atoms with Crippen molar-refractivity contribution in [3.05, 3.63) is 0 Å². The van der Waals surface area contributed by atoms with Gasteiger partial charge in [0.2, 0.25) is 0 Å². The minimum atomic E-state index is -0.723. The van der Waals surface area contributed by atoms with Crippen LogP contribution in [0.25, 0.3) is 0 Å². The van der Waals surface area contributed by atoms with E-state index in [0.29, 0.717) is 19.0 Å². The van der Waals surface area contributed by atoms with Gasteiger partial charge < -0.3 is 20.8 Å². The predicted molar refractivity (Wildman–Crippen MR) is 135 cm³/mol. The SMILES string of the molecule is CCCCC(CC)CNCCC(=O)O.CCCCCCCCCCCCNCCC(=O)O. The van der Waals surface area contributed by atoms with Crippen molar-refractivity contribution in [2.45, 2.75) is 124 Å². The van der Waals surface area contributed by atoms with Gasteiger partial charge in [0.05, 0.1) is 12.8 Å². The van der Waals surface area contributed by atoms with Crippen molar-refractivity contribution in [1.29, 1.82) is 0 Å². The fourth-order valence-electron chi connectivity index (χ4n) is 3.50. The Bertz CT molecular complexity index is 405. The maximum atomic E-state index is 10.3. The van der Waals surface area contributed by atoms with E-state index in [9.17, 15) is 9.59 Å². The van der Waals surface area contributed by atoms with Gasteiger partial charge in [-0.05, 0) is 31.8 Å². The number of carbonyl (C=O) groups is 2. The molecule has 192 valence electrons. The molecule has 0 aliphatic carbocycles. The van der Waals surface area contributed by atoms with Crippen LogP contribution in [0.4, 0.5) is 0 Å². The van der Waals surface area contributed by atoms with Crippen LogP contribution in [0.2, 0.25) is 0 Å². The van der Waals surface area contributed by atoms with Crippen molar-refractivity contribution in [2.75, 3.05) is 26.2 Å². The molecule has 0 bridgehead atoms. The predicted octanol–water partition coefficient (Wildman–Crippen LogP) is 6.24. The second kappa shape index (κ2) is 27.9. The van der Waals surface area contributed by atoms with Gasteiger partial charge in [0, 0.05) is 13.1 Å². The van der Waals surface area contributed by atoms with Crippen LogP contribution in [0.1, 0.15) is 124 Å². The van der Waals surface area contributed by atoms with Gasteiger partial charge in [-0.3, -0.25) is 9.59 Å². The first kappa shape index (κ1) is 33.0. The monoisotopic (exact) mass is 458 g/mol. The van der Waals surface area contributed by atoms with E-state index >= 15 is 0 Å². The number of carboxylic acid groups (broad SMARTS) is 2. The van der Waals surface area contributed by atoms with Crippen molar-refractivity contribution >= 4 is 11.9 Å². The number of aliphatic carboxylic acids is 2. The van der Waals surface area contributed by atoms with Crippen LogP contribution in [0.3, 0.4) is 0 Å². The van der Waals surface area contributed by atoms with Gasteiger partial charge in [-0.1, -0.05) is 97.8 Å². The molecule has 0 rings (SSSR count). The van der Waals surface area contributed by atoms with E-state index in [4.69, 9.17) is 10.2 Å². The van der Waals surface area contributed by atoms with Gasteiger partial charge in [0.15, 0.2) is 0 Å². The van der Waals surface area contributed by atoms with Crippen LogP contribution in [0.15, 0.2) is 0 Å². The summed E-state index contributed by atoms with van der Waals surface area (Å²) in [6.07, 6.45) is 18.9. The zero-order valence-corrected chi connectivity index (χ0v) is 21.4. The summed E-state index contributed by atoms with van der Waals surface area (Å²) in [5.41, 5.74) is 0. The van der Waals surface area contributed by atoms with Gasteiger partial charge in [-0.2, -0.15) is 0 Å². The molecule has 0 spiro atoms. The molecule has 4 N–H and O–H groups in total. The van der Waals surface area contributed by atoms with Gasteiger partial charge in [-0.15, -0.1) is 0 Å². The lowest BCUT2D eigenvalue weighted by atomic mass is 9.99. The van der Waals surface area contributed by atoms with Gasteiger partial charge in [0.1, 0.15) is 0 Å². The number of hydrogen-bond donors (Lipinski definition) is 4. The molecule has 0 aromatic carbocycles. The fourth-order valence-corrected chi connectivity index (χ4v) is 3.50. The number of rotatable bonds is 23. The molecule has 6 heteroatoms. The first-order valence-corrected chi connectivity index (χ1v) is 13.3. The standard InChI is InChI=1S/C15H31NO2.C11H23NO2/c1-2-3-4-5-6-7-8-9-10-11-13-16-14-12-15(17)18;1-3-5-6-10(4-2)9-12-8-7-11(13)14/h16H,2-14H2,1H3,(H,17,18);10,12H,3-9H2,1-2H3,(H,13,14). The Kier molecular flexibility index (Phi) is 28.8. The van der Waals surface area contributed by atoms with E-state index in [1.165, 1.54) is 89.9 Å². The summed E-state index contributed by atoms with van der Waals surface area (Å²) in [4.78, 5) is 20.5. The summed E-state index contributed by atoms with van der Waals surface area (Å²) < 4.78 is 0. The third kappa shape index (κ3) is 31.0. The number of unbranched alkanes of at least 4 members (excludes halogenated alkanes) is 10. The van der Waals surface area contributed by atoms with Crippen LogP contribution in [-0.2, 0) is 9.59 Å². The third-order valence-corrected chi connectivity index (χ3v) is 5.71. The normalized spacial score (nSPS) is 11.6. The van der Waals surface area contributed by atoms with Crippen LogP contribution in [-0.4, -0.2) is 48.3 Å². The quantitative estimate of drug-likeness (QED) is 0.135. The Hall–Kier alpha value is -1.14. The van der Waals surface area contributed by atoms with Gasteiger partial charge in [0.25, 0.3) is 0 Å². The van der Waals surface area contributed by atoms with E-state index in [0.717, 1.165) is 13.1 Å². The first-order chi connectivity index (χ1) is 15.5. The minimum absolute atomic E-state index is 0.226. The highest BCUT2D eigenvalue weighted by Crippen LogP contribution is 2.11. The largest absolute Gasteiger partial charge is 0.481 e. The van der Waals surface area contributed by atoms with Crippen molar-refractivity contribution in [3.63, 3.8) is 0 Å². The highest BCUT2D eigenvalue weighted by molar-refractivity contribution is 5.67. The average molecular weight is 459 g/mol. The third-order valence-electron chi connectivity index (χ3n) is 5.71. The van der Waals surface area contributed by atoms with Crippen LogP contribution >= 0.6 is 0 Å². The topological polar surface area (TPSA) is 98.7 Å². The lowest BCUT2D eigenvalue weighted by Gasteiger charge is -2.14. The molecule has 1 atom stereocenters. The lowest BCUT2D eigenvalue weighted by molar-refractivity contribution is -0.137. The fraction of sp³-hybridized carbons (Fsp3) is 0.923. The van der Waals surface area contributed by atoms with E-state index < -0.39 is 11.9 Å². The maximum absolute atomic E-state index is 10.3. The molecular weight excluding hydrogens is 404 g/mol. The molecule has 0 saturated heterocycles. The van der Waals surface area contributed by atoms with E-state index in [1.54, 1.807) is 0 Å².